The number of benzene rings is 2. The number of carbonyl (C=O) groups is 1. The number of nitro benzene ring substituents is 1. The number of non-ortho nitro benzene ring substituents is 1. The Morgan fingerprint density at radius 3 is 2.46 bits per heavy atom. The summed E-state index contributed by atoms with van der Waals surface area (Å²) in [7, 11) is -4.45. The topological polar surface area (TPSA) is 118 Å². The number of hydrogen-bond donors (Lipinski definition) is 1. The highest BCUT2D eigenvalue weighted by Crippen LogP contribution is 2.33. The quantitative estimate of drug-likeness (QED) is 0.566. The van der Waals surface area contributed by atoms with Crippen LogP contribution >= 0.6 is 23.2 Å². The molecular formula is C15H12Cl2N2O6S. The lowest BCUT2D eigenvalue weighted by molar-refractivity contribution is -0.384. The first-order chi connectivity index (χ1) is 12.0. The van der Waals surface area contributed by atoms with Gasteiger partial charge in [-0.2, -0.15) is 0 Å². The molecule has 0 atom stereocenters. The molecule has 138 valence electrons. The minimum atomic E-state index is -4.45. The number of aryl methyl sites for hydroxylation is 1. The lowest BCUT2D eigenvalue weighted by Crippen LogP contribution is -2.36. The molecule has 0 saturated heterocycles. The summed E-state index contributed by atoms with van der Waals surface area (Å²) in [6, 6.07) is 7.24. The number of aliphatic carboxylic acids is 1. The highest BCUT2D eigenvalue weighted by Gasteiger charge is 2.31. The predicted octanol–water partition coefficient (Wildman–Crippen LogP) is 3.49. The third kappa shape index (κ3) is 4.06. The Morgan fingerprint density at radius 2 is 1.88 bits per heavy atom. The number of halogens is 2. The molecule has 0 fully saturated rings. The van der Waals surface area contributed by atoms with Crippen LogP contribution in [-0.2, 0) is 14.8 Å². The summed E-state index contributed by atoms with van der Waals surface area (Å²) in [5.74, 6) is -1.45. The number of hydrogen-bond acceptors (Lipinski definition) is 5. The van der Waals surface area contributed by atoms with Crippen molar-refractivity contribution in [1.29, 1.82) is 0 Å². The highest BCUT2D eigenvalue weighted by molar-refractivity contribution is 7.93. The number of carboxylic acids is 1. The lowest BCUT2D eigenvalue weighted by Gasteiger charge is -2.24. The predicted molar refractivity (Wildman–Crippen MR) is 96.5 cm³/mol. The fraction of sp³-hybridized carbons (Fsp3) is 0.133. The van der Waals surface area contributed by atoms with Gasteiger partial charge >= 0.3 is 5.97 Å². The van der Waals surface area contributed by atoms with Crippen molar-refractivity contribution >= 4 is 50.6 Å². The molecule has 0 radical (unpaired) electrons. The fourth-order valence-electron chi connectivity index (χ4n) is 2.20. The fourth-order valence-corrected chi connectivity index (χ4v) is 4.41. The molecule has 11 heteroatoms. The van der Waals surface area contributed by atoms with Gasteiger partial charge in [0.1, 0.15) is 11.4 Å². The smallest absolute Gasteiger partial charge is 0.324 e. The van der Waals surface area contributed by atoms with Crippen molar-refractivity contribution in [2.24, 2.45) is 0 Å². The molecule has 0 saturated carbocycles. The molecule has 0 bridgehead atoms. The van der Waals surface area contributed by atoms with Gasteiger partial charge in [-0.15, -0.1) is 0 Å². The molecule has 0 aliphatic rings. The minimum absolute atomic E-state index is 0.0824. The summed E-state index contributed by atoms with van der Waals surface area (Å²) in [5.41, 5.74) is -0.190. The molecule has 0 aliphatic heterocycles. The largest absolute Gasteiger partial charge is 0.480 e. The van der Waals surface area contributed by atoms with Gasteiger partial charge in [-0.05, 0) is 30.7 Å². The van der Waals surface area contributed by atoms with E-state index in [0.717, 1.165) is 12.1 Å². The summed E-state index contributed by atoms with van der Waals surface area (Å²) >= 11 is 11.8. The van der Waals surface area contributed by atoms with E-state index in [0.29, 0.717) is 9.87 Å². The van der Waals surface area contributed by atoms with Crippen molar-refractivity contribution in [2.45, 2.75) is 11.8 Å². The normalized spacial score (nSPS) is 11.2. The molecule has 0 aromatic heterocycles. The van der Waals surface area contributed by atoms with Crippen LogP contribution in [0.2, 0.25) is 10.0 Å². The van der Waals surface area contributed by atoms with Crippen LogP contribution in [0.1, 0.15) is 5.56 Å². The van der Waals surface area contributed by atoms with Gasteiger partial charge in [0.2, 0.25) is 0 Å². The first kappa shape index (κ1) is 20.0. The van der Waals surface area contributed by atoms with Gasteiger partial charge in [0.05, 0.1) is 15.6 Å². The molecule has 1 N–H and O–H groups in total. The van der Waals surface area contributed by atoms with Crippen LogP contribution in [0.4, 0.5) is 11.4 Å². The van der Waals surface area contributed by atoms with Crippen molar-refractivity contribution in [3.63, 3.8) is 0 Å². The van der Waals surface area contributed by atoms with Gasteiger partial charge in [-0.25, -0.2) is 8.42 Å². The van der Waals surface area contributed by atoms with E-state index in [1.54, 1.807) is 0 Å². The van der Waals surface area contributed by atoms with Crippen molar-refractivity contribution in [3.05, 3.63) is 62.1 Å². The van der Waals surface area contributed by atoms with Crippen LogP contribution in [0.25, 0.3) is 0 Å². The zero-order valence-electron chi connectivity index (χ0n) is 13.2. The second-order valence-electron chi connectivity index (χ2n) is 5.21. The zero-order chi connectivity index (χ0) is 19.6. The first-order valence-corrected chi connectivity index (χ1v) is 9.18. The summed E-state index contributed by atoms with van der Waals surface area (Å²) in [5, 5.41) is 20.1. The Kier molecular flexibility index (Phi) is 5.74. The van der Waals surface area contributed by atoms with Crippen LogP contribution in [0, 0.1) is 17.0 Å². The zero-order valence-corrected chi connectivity index (χ0v) is 15.5. The van der Waals surface area contributed by atoms with E-state index in [2.05, 4.69) is 0 Å². The number of nitro groups is 1. The van der Waals surface area contributed by atoms with Crippen LogP contribution < -0.4 is 4.31 Å². The molecule has 0 spiro atoms. The third-order valence-corrected chi connectivity index (χ3v) is 5.89. The molecular weight excluding hydrogens is 407 g/mol. The van der Waals surface area contributed by atoms with E-state index in [-0.39, 0.29) is 21.4 Å². The van der Waals surface area contributed by atoms with Crippen molar-refractivity contribution < 1.29 is 23.2 Å². The summed E-state index contributed by atoms with van der Waals surface area (Å²) < 4.78 is 26.6. The molecule has 0 heterocycles. The van der Waals surface area contributed by atoms with E-state index < -0.39 is 32.4 Å². The maximum atomic E-state index is 13.0. The standard InChI is InChI=1S/C15H12Cl2N2O6S/c1-9-2-4-11(19(22)23)7-13(9)18(8-15(20)21)26(24,25)14-6-10(16)3-5-12(14)17/h2-7H,8H2,1H3,(H,20,21). The Balaban J connectivity index is 2.72. The van der Waals surface area contributed by atoms with E-state index in [4.69, 9.17) is 28.3 Å². The maximum Gasteiger partial charge on any atom is 0.324 e. The minimum Gasteiger partial charge on any atom is -0.480 e. The van der Waals surface area contributed by atoms with E-state index in [9.17, 15) is 23.3 Å². The molecule has 26 heavy (non-hydrogen) atoms. The Morgan fingerprint density at radius 1 is 1.23 bits per heavy atom. The van der Waals surface area contributed by atoms with Crippen LogP contribution in [0.15, 0.2) is 41.3 Å². The highest BCUT2D eigenvalue weighted by atomic mass is 35.5. The van der Waals surface area contributed by atoms with Crippen molar-refractivity contribution in [1.82, 2.24) is 0 Å². The summed E-state index contributed by atoms with van der Waals surface area (Å²) in [6.07, 6.45) is 0. The second kappa shape index (κ2) is 7.48. The molecule has 0 aliphatic carbocycles. The van der Waals surface area contributed by atoms with E-state index in [1.807, 2.05) is 0 Å². The van der Waals surface area contributed by atoms with Gasteiger partial charge in [0.15, 0.2) is 0 Å². The monoisotopic (exact) mass is 418 g/mol. The van der Waals surface area contributed by atoms with Gasteiger partial charge < -0.3 is 5.11 Å². The van der Waals surface area contributed by atoms with Gasteiger partial charge in [0.25, 0.3) is 15.7 Å². The third-order valence-electron chi connectivity index (χ3n) is 3.41. The van der Waals surface area contributed by atoms with Gasteiger partial charge in [-0.1, -0.05) is 29.3 Å². The summed E-state index contributed by atoms with van der Waals surface area (Å²) in [4.78, 5) is 21.1. The van der Waals surface area contributed by atoms with Crippen LogP contribution in [0.5, 0.6) is 0 Å². The number of anilines is 1. The van der Waals surface area contributed by atoms with Crippen LogP contribution in [-0.4, -0.2) is 31.0 Å². The number of nitrogens with zero attached hydrogens (tertiary/aromatic N) is 2. The van der Waals surface area contributed by atoms with Gasteiger partial charge in [0, 0.05) is 17.2 Å². The maximum absolute atomic E-state index is 13.0. The Bertz CT molecular complexity index is 994. The Hall–Kier alpha value is -2.36. The lowest BCUT2D eigenvalue weighted by atomic mass is 10.2. The van der Waals surface area contributed by atoms with Crippen molar-refractivity contribution in [3.8, 4) is 0 Å². The number of carboxylic acid groups (broad SMARTS) is 1. The van der Waals surface area contributed by atoms with E-state index >= 15 is 0 Å². The SMILES string of the molecule is Cc1ccc([N+](=O)[O-])cc1N(CC(=O)O)S(=O)(=O)c1cc(Cl)ccc1Cl. The molecule has 2 aromatic carbocycles. The van der Waals surface area contributed by atoms with Gasteiger partial charge in [-0.3, -0.25) is 19.2 Å². The number of sulfonamides is 1. The Labute approximate surface area is 158 Å². The molecule has 0 amide bonds. The molecule has 8 nitrogen and oxygen atoms in total. The molecule has 0 unspecified atom stereocenters. The van der Waals surface area contributed by atoms with E-state index in [1.165, 1.54) is 31.2 Å². The second-order valence-corrected chi connectivity index (χ2v) is 7.88. The van der Waals surface area contributed by atoms with Crippen LogP contribution in [0.3, 0.4) is 0 Å². The average molecular weight is 419 g/mol. The van der Waals surface area contributed by atoms with Crippen molar-refractivity contribution in [2.75, 3.05) is 10.8 Å². The first-order valence-electron chi connectivity index (χ1n) is 6.98. The number of rotatable bonds is 6. The summed E-state index contributed by atoms with van der Waals surface area (Å²) in [6.45, 7) is 0.552. The average Bonchev–Trinajstić information content (AvgIpc) is 2.55. The molecule has 2 rings (SSSR count). The molecule has 2 aromatic rings.